The van der Waals surface area contributed by atoms with Crippen LogP contribution < -0.4 is 5.73 Å². The zero-order valence-electron chi connectivity index (χ0n) is 9.31. The molecular formula is C10H14BrN5. The van der Waals surface area contributed by atoms with E-state index in [1.165, 1.54) is 0 Å². The second-order valence-electron chi connectivity index (χ2n) is 3.66. The molecule has 2 rings (SSSR count). The molecule has 0 saturated heterocycles. The van der Waals surface area contributed by atoms with Gasteiger partial charge in [-0.1, -0.05) is 6.92 Å². The third-order valence-corrected chi connectivity index (χ3v) is 3.09. The van der Waals surface area contributed by atoms with Crippen molar-refractivity contribution in [2.75, 3.05) is 5.73 Å². The summed E-state index contributed by atoms with van der Waals surface area (Å²) in [5, 5.41) is 8.59. The molecular weight excluding hydrogens is 270 g/mol. The molecule has 0 radical (unpaired) electrons. The van der Waals surface area contributed by atoms with Crippen LogP contribution in [0.3, 0.4) is 0 Å². The van der Waals surface area contributed by atoms with Gasteiger partial charge in [-0.05, 0) is 22.4 Å². The maximum atomic E-state index is 5.88. The van der Waals surface area contributed by atoms with Gasteiger partial charge in [0.2, 0.25) is 0 Å². The van der Waals surface area contributed by atoms with Crippen LogP contribution in [0.5, 0.6) is 0 Å². The lowest BCUT2D eigenvalue weighted by Crippen LogP contribution is -2.06. The number of anilines is 1. The highest BCUT2D eigenvalue weighted by Crippen LogP contribution is 2.19. The van der Waals surface area contributed by atoms with E-state index in [2.05, 4.69) is 33.1 Å². The van der Waals surface area contributed by atoms with Crippen LogP contribution in [0.15, 0.2) is 16.9 Å². The lowest BCUT2D eigenvalue weighted by molar-refractivity contribution is 0.691. The van der Waals surface area contributed by atoms with E-state index >= 15 is 0 Å². The highest BCUT2D eigenvalue weighted by molar-refractivity contribution is 9.10. The molecule has 0 aliphatic heterocycles. The first-order valence-corrected chi connectivity index (χ1v) is 5.89. The number of aryl methyl sites for hydroxylation is 2. The lowest BCUT2D eigenvalue weighted by Gasteiger charge is -2.03. The summed E-state index contributed by atoms with van der Waals surface area (Å²) in [6.45, 7) is 2.75. The fraction of sp³-hybridized carbons (Fsp3) is 0.400. The third kappa shape index (κ3) is 1.97. The molecule has 0 saturated carbocycles. The highest BCUT2D eigenvalue weighted by Gasteiger charge is 2.10. The average molecular weight is 284 g/mol. The second kappa shape index (κ2) is 4.29. The number of aromatic nitrogens is 4. The molecule has 86 valence electrons. The number of halogens is 1. The van der Waals surface area contributed by atoms with E-state index < -0.39 is 0 Å². The Balaban J connectivity index is 2.29. The van der Waals surface area contributed by atoms with Crippen LogP contribution in [-0.2, 0) is 20.0 Å². The first kappa shape index (κ1) is 11.2. The summed E-state index contributed by atoms with van der Waals surface area (Å²) < 4.78 is 4.41. The van der Waals surface area contributed by atoms with Crippen molar-refractivity contribution in [1.82, 2.24) is 19.6 Å². The molecule has 0 aliphatic carbocycles. The Morgan fingerprint density at radius 3 is 2.81 bits per heavy atom. The number of nitrogen functional groups attached to an aromatic ring is 1. The Bertz CT molecular complexity index is 499. The zero-order chi connectivity index (χ0) is 11.7. The van der Waals surface area contributed by atoms with Crippen LogP contribution in [0.1, 0.15) is 18.2 Å². The van der Waals surface area contributed by atoms with Crippen LogP contribution in [0.2, 0.25) is 0 Å². The summed E-state index contributed by atoms with van der Waals surface area (Å²) >= 11 is 3.34. The van der Waals surface area contributed by atoms with E-state index in [9.17, 15) is 0 Å². The molecule has 5 nitrogen and oxygen atoms in total. The van der Waals surface area contributed by atoms with E-state index in [0.29, 0.717) is 12.4 Å². The maximum absolute atomic E-state index is 5.88. The number of nitrogens with zero attached hydrogens (tertiary/aromatic N) is 4. The predicted molar refractivity (Wildman–Crippen MR) is 66.0 cm³/mol. The SMILES string of the molecule is CCc1nn(C)cc1Cn1ncc(Br)c1N. The van der Waals surface area contributed by atoms with Gasteiger partial charge in [0.1, 0.15) is 5.82 Å². The number of nitrogens with two attached hydrogens (primary N) is 1. The Labute approximate surface area is 102 Å². The van der Waals surface area contributed by atoms with Crippen molar-refractivity contribution >= 4 is 21.7 Å². The Morgan fingerprint density at radius 2 is 2.25 bits per heavy atom. The van der Waals surface area contributed by atoms with Gasteiger partial charge in [0.15, 0.2) is 0 Å². The molecule has 2 aromatic heterocycles. The van der Waals surface area contributed by atoms with Crippen molar-refractivity contribution in [1.29, 1.82) is 0 Å². The molecule has 16 heavy (non-hydrogen) atoms. The first-order chi connectivity index (χ1) is 7.61. The molecule has 0 fully saturated rings. The smallest absolute Gasteiger partial charge is 0.136 e. The Hall–Kier alpha value is -1.30. The highest BCUT2D eigenvalue weighted by atomic mass is 79.9. The van der Waals surface area contributed by atoms with E-state index in [1.807, 2.05) is 17.9 Å². The number of hydrogen-bond acceptors (Lipinski definition) is 3. The molecule has 0 amide bonds. The molecule has 0 aromatic carbocycles. The standard InChI is InChI=1S/C10H14BrN5/c1-3-9-7(5-15(2)14-9)6-16-10(12)8(11)4-13-16/h4-5H,3,6,12H2,1-2H3. The number of hydrogen-bond donors (Lipinski definition) is 1. The molecule has 0 aliphatic rings. The van der Waals surface area contributed by atoms with Gasteiger partial charge in [0.25, 0.3) is 0 Å². The third-order valence-electron chi connectivity index (χ3n) is 2.48. The van der Waals surface area contributed by atoms with Gasteiger partial charge in [0.05, 0.1) is 22.9 Å². The van der Waals surface area contributed by atoms with Crippen LogP contribution in [0.4, 0.5) is 5.82 Å². The molecule has 2 N–H and O–H groups in total. The molecule has 2 heterocycles. The van der Waals surface area contributed by atoms with Gasteiger partial charge in [-0.25, -0.2) is 4.68 Å². The minimum Gasteiger partial charge on any atom is -0.383 e. The topological polar surface area (TPSA) is 61.7 Å². The first-order valence-electron chi connectivity index (χ1n) is 5.10. The molecule has 0 unspecified atom stereocenters. The summed E-state index contributed by atoms with van der Waals surface area (Å²) in [5.41, 5.74) is 8.13. The molecule has 0 atom stereocenters. The van der Waals surface area contributed by atoms with Gasteiger partial charge < -0.3 is 5.73 Å². The Kier molecular flexibility index (Phi) is 3.00. The Morgan fingerprint density at radius 1 is 1.50 bits per heavy atom. The van der Waals surface area contributed by atoms with Gasteiger partial charge in [-0.15, -0.1) is 0 Å². The van der Waals surface area contributed by atoms with E-state index in [1.54, 1.807) is 10.9 Å². The lowest BCUT2D eigenvalue weighted by atomic mass is 10.2. The monoisotopic (exact) mass is 283 g/mol. The van der Waals surface area contributed by atoms with Crippen molar-refractivity contribution in [3.8, 4) is 0 Å². The summed E-state index contributed by atoms with van der Waals surface area (Å²) in [5.74, 6) is 0.644. The normalized spacial score (nSPS) is 10.9. The van der Waals surface area contributed by atoms with Gasteiger partial charge in [0, 0.05) is 18.8 Å². The minimum atomic E-state index is 0.644. The van der Waals surface area contributed by atoms with Crippen molar-refractivity contribution in [3.63, 3.8) is 0 Å². The van der Waals surface area contributed by atoms with Crippen molar-refractivity contribution in [2.45, 2.75) is 19.9 Å². The van der Waals surface area contributed by atoms with Crippen molar-refractivity contribution in [2.24, 2.45) is 7.05 Å². The van der Waals surface area contributed by atoms with E-state index in [4.69, 9.17) is 5.73 Å². The average Bonchev–Trinajstić information content (AvgIpc) is 2.76. The molecule has 6 heteroatoms. The van der Waals surface area contributed by atoms with Crippen molar-refractivity contribution < 1.29 is 0 Å². The summed E-state index contributed by atoms with van der Waals surface area (Å²) in [7, 11) is 1.92. The van der Waals surface area contributed by atoms with Crippen molar-refractivity contribution in [3.05, 3.63) is 28.1 Å². The summed E-state index contributed by atoms with van der Waals surface area (Å²) in [6, 6.07) is 0. The fourth-order valence-electron chi connectivity index (χ4n) is 1.67. The van der Waals surface area contributed by atoms with Gasteiger partial charge >= 0.3 is 0 Å². The molecule has 2 aromatic rings. The maximum Gasteiger partial charge on any atom is 0.136 e. The van der Waals surface area contributed by atoms with E-state index in [0.717, 1.165) is 22.2 Å². The van der Waals surface area contributed by atoms with Gasteiger partial charge in [-0.2, -0.15) is 10.2 Å². The quantitative estimate of drug-likeness (QED) is 0.930. The van der Waals surface area contributed by atoms with Crippen LogP contribution in [-0.4, -0.2) is 19.6 Å². The van der Waals surface area contributed by atoms with Gasteiger partial charge in [-0.3, -0.25) is 4.68 Å². The number of rotatable bonds is 3. The fourth-order valence-corrected chi connectivity index (χ4v) is 1.97. The van der Waals surface area contributed by atoms with E-state index in [-0.39, 0.29) is 0 Å². The van der Waals surface area contributed by atoms with Crippen LogP contribution in [0.25, 0.3) is 0 Å². The van der Waals surface area contributed by atoms with Crippen LogP contribution >= 0.6 is 15.9 Å². The molecule has 0 bridgehead atoms. The zero-order valence-corrected chi connectivity index (χ0v) is 10.9. The molecule has 0 spiro atoms. The largest absolute Gasteiger partial charge is 0.383 e. The summed E-state index contributed by atoms with van der Waals surface area (Å²) in [4.78, 5) is 0. The minimum absolute atomic E-state index is 0.644. The second-order valence-corrected chi connectivity index (χ2v) is 4.52. The summed E-state index contributed by atoms with van der Waals surface area (Å²) in [6.07, 6.45) is 4.63. The predicted octanol–water partition coefficient (Wildman–Crippen LogP) is 1.57. The van der Waals surface area contributed by atoms with Crippen LogP contribution in [0, 0.1) is 0 Å².